The Morgan fingerprint density at radius 2 is 2.24 bits per heavy atom. The Bertz CT molecular complexity index is 652. The molecule has 0 bridgehead atoms. The van der Waals surface area contributed by atoms with Gasteiger partial charge in [0, 0.05) is 30.6 Å². The zero-order valence-corrected chi connectivity index (χ0v) is 17.1. The van der Waals surface area contributed by atoms with Crippen molar-refractivity contribution >= 4 is 47.4 Å². The SMILES string of the molecule is C=N/C=C\C=C(/C)n1cc(N(C)C(=O)CC(CC(C)C)SC)c(Cl)n1. The summed E-state index contributed by atoms with van der Waals surface area (Å²) < 4.78 is 1.65. The molecule has 0 aliphatic rings. The van der Waals surface area contributed by atoms with Gasteiger partial charge in [-0.05, 0) is 44.4 Å². The third-order valence-electron chi connectivity index (χ3n) is 3.75. The number of carbonyl (C=O) groups excluding carboxylic acids is 1. The monoisotopic (exact) mass is 382 g/mol. The van der Waals surface area contributed by atoms with E-state index in [4.69, 9.17) is 11.6 Å². The van der Waals surface area contributed by atoms with Crippen molar-refractivity contribution in [3.8, 4) is 0 Å². The molecule has 1 aromatic heterocycles. The maximum absolute atomic E-state index is 12.6. The van der Waals surface area contributed by atoms with Gasteiger partial charge in [-0.3, -0.25) is 9.79 Å². The predicted octanol–water partition coefficient (Wildman–Crippen LogP) is 4.74. The molecular formula is C18H27ClN4OS. The van der Waals surface area contributed by atoms with Crippen molar-refractivity contribution in [1.29, 1.82) is 0 Å². The van der Waals surface area contributed by atoms with E-state index in [1.54, 1.807) is 46.9 Å². The highest BCUT2D eigenvalue weighted by molar-refractivity contribution is 7.99. The molecule has 1 rings (SSSR count). The summed E-state index contributed by atoms with van der Waals surface area (Å²) in [4.78, 5) is 17.8. The minimum Gasteiger partial charge on any atom is -0.311 e. The van der Waals surface area contributed by atoms with Crippen LogP contribution in [0.25, 0.3) is 5.70 Å². The van der Waals surface area contributed by atoms with E-state index in [0.717, 1.165) is 12.1 Å². The first-order chi connectivity index (χ1) is 11.8. The average molecular weight is 383 g/mol. The lowest BCUT2D eigenvalue weighted by molar-refractivity contribution is -0.118. The standard InChI is InChI=1S/C18H27ClN4OS/c1-13(2)10-15(25-6)11-17(24)22(5)16-12-23(21-18(16)19)14(3)8-7-9-20-4/h7-9,12-13,15H,4,10-11H2,1-3,5-6H3/b9-7-,14-8+. The fourth-order valence-corrected chi connectivity index (χ4v) is 3.47. The Labute approximate surface area is 159 Å². The van der Waals surface area contributed by atoms with Crippen LogP contribution in [-0.2, 0) is 4.79 Å². The molecule has 0 aliphatic carbocycles. The first kappa shape index (κ1) is 21.5. The van der Waals surface area contributed by atoms with Crippen LogP contribution in [0.5, 0.6) is 0 Å². The first-order valence-corrected chi connectivity index (χ1v) is 9.80. The summed E-state index contributed by atoms with van der Waals surface area (Å²) in [7, 11) is 1.74. The molecule has 1 aromatic rings. The van der Waals surface area contributed by atoms with Crippen molar-refractivity contribution in [2.75, 3.05) is 18.2 Å². The minimum atomic E-state index is 0.0406. The fraction of sp³-hybridized carbons (Fsp3) is 0.500. The van der Waals surface area contributed by atoms with E-state index in [2.05, 4.69) is 30.7 Å². The van der Waals surface area contributed by atoms with Gasteiger partial charge >= 0.3 is 0 Å². The average Bonchev–Trinajstić information content (AvgIpc) is 2.95. The fourth-order valence-electron chi connectivity index (χ4n) is 2.32. The second-order valence-electron chi connectivity index (χ2n) is 6.23. The van der Waals surface area contributed by atoms with Crippen molar-refractivity contribution in [2.45, 2.75) is 38.9 Å². The number of thioether (sulfide) groups is 1. The van der Waals surface area contributed by atoms with Gasteiger partial charge in [0.05, 0.1) is 6.20 Å². The quantitative estimate of drug-likeness (QED) is 0.457. The molecular weight excluding hydrogens is 356 g/mol. The Hall–Kier alpha value is -1.53. The molecule has 1 unspecified atom stereocenters. The van der Waals surface area contributed by atoms with Crippen LogP contribution in [-0.4, -0.2) is 41.0 Å². The van der Waals surface area contributed by atoms with Crippen molar-refractivity contribution in [1.82, 2.24) is 9.78 Å². The summed E-state index contributed by atoms with van der Waals surface area (Å²) >= 11 is 7.97. The molecule has 0 aliphatic heterocycles. The molecule has 0 aromatic carbocycles. The molecule has 0 saturated carbocycles. The van der Waals surface area contributed by atoms with Crippen molar-refractivity contribution in [2.24, 2.45) is 10.9 Å². The van der Waals surface area contributed by atoms with E-state index < -0.39 is 0 Å². The maximum Gasteiger partial charge on any atom is 0.227 e. The second-order valence-corrected chi connectivity index (χ2v) is 7.72. The minimum absolute atomic E-state index is 0.0406. The van der Waals surface area contributed by atoms with Gasteiger partial charge in [0.25, 0.3) is 0 Å². The molecule has 0 fully saturated rings. The number of rotatable bonds is 9. The summed E-state index contributed by atoms with van der Waals surface area (Å²) in [6.45, 7) is 9.62. The van der Waals surface area contributed by atoms with Gasteiger partial charge in [-0.2, -0.15) is 16.9 Å². The van der Waals surface area contributed by atoms with Crippen LogP contribution in [0.15, 0.2) is 29.5 Å². The number of nitrogens with zero attached hydrogens (tertiary/aromatic N) is 4. The largest absolute Gasteiger partial charge is 0.311 e. The zero-order chi connectivity index (χ0) is 19.0. The summed E-state index contributed by atoms with van der Waals surface area (Å²) in [6, 6.07) is 0. The molecule has 0 saturated heterocycles. The van der Waals surface area contributed by atoms with Crippen molar-refractivity contribution in [3.63, 3.8) is 0 Å². The van der Waals surface area contributed by atoms with E-state index >= 15 is 0 Å². The number of aliphatic imine (C=N–C) groups is 1. The number of halogens is 1. The molecule has 1 atom stereocenters. The lowest BCUT2D eigenvalue weighted by atomic mass is 10.1. The van der Waals surface area contributed by atoms with Gasteiger partial charge < -0.3 is 4.90 Å². The lowest BCUT2D eigenvalue weighted by Crippen LogP contribution is -2.29. The summed E-state index contributed by atoms with van der Waals surface area (Å²) in [5.74, 6) is 0.603. The van der Waals surface area contributed by atoms with Crippen molar-refractivity contribution < 1.29 is 4.79 Å². The highest BCUT2D eigenvalue weighted by atomic mass is 35.5. The molecule has 1 amide bonds. The van der Waals surface area contributed by atoms with E-state index in [1.165, 1.54) is 0 Å². The van der Waals surface area contributed by atoms with E-state index in [0.29, 0.717) is 28.4 Å². The number of carbonyl (C=O) groups is 1. The van der Waals surface area contributed by atoms with Crippen LogP contribution >= 0.6 is 23.4 Å². The van der Waals surface area contributed by atoms with E-state index in [-0.39, 0.29) is 5.91 Å². The van der Waals surface area contributed by atoms with Gasteiger partial charge in [0.15, 0.2) is 5.15 Å². The Morgan fingerprint density at radius 3 is 2.80 bits per heavy atom. The highest BCUT2D eigenvalue weighted by Gasteiger charge is 2.21. The first-order valence-electron chi connectivity index (χ1n) is 8.14. The Balaban J connectivity index is 2.89. The molecule has 138 valence electrons. The number of hydrogen-bond acceptors (Lipinski definition) is 4. The molecule has 0 radical (unpaired) electrons. The summed E-state index contributed by atoms with van der Waals surface area (Å²) in [5.41, 5.74) is 1.46. The summed E-state index contributed by atoms with van der Waals surface area (Å²) in [5, 5.41) is 4.89. The van der Waals surface area contributed by atoms with Crippen molar-refractivity contribution in [3.05, 3.63) is 29.7 Å². The molecule has 7 heteroatoms. The highest BCUT2D eigenvalue weighted by Crippen LogP contribution is 2.27. The lowest BCUT2D eigenvalue weighted by Gasteiger charge is -2.20. The Morgan fingerprint density at radius 1 is 1.56 bits per heavy atom. The van der Waals surface area contributed by atoms with Crippen LogP contribution in [0.1, 0.15) is 33.6 Å². The molecule has 0 N–H and O–H groups in total. The number of hydrogen-bond donors (Lipinski definition) is 0. The molecule has 5 nitrogen and oxygen atoms in total. The van der Waals surface area contributed by atoms with Crippen LogP contribution < -0.4 is 4.90 Å². The van der Waals surface area contributed by atoms with Gasteiger partial charge in [-0.1, -0.05) is 25.4 Å². The van der Waals surface area contributed by atoms with E-state index in [9.17, 15) is 4.79 Å². The molecule has 25 heavy (non-hydrogen) atoms. The molecule has 1 heterocycles. The van der Waals surface area contributed by atoms with E-state index in [1.807, 2.05) is 19.3 Å². The summed E-state index contributed by atoms with van der Waals surface area (Å²) in [6.07, 6.45) is 10.5. The number of allylic oxidation sites excluding steroid dienone is 3. The zero-order valence-electron chi connectivity index (χ0n) is 15.6. The smallest absolute Gasteiger partial charge is 0.227 e. The van der Waals surface area contributed by atoms with Crippen LogP contribution in [0.3, 0.4) is 0 Å². The van der Waals surface area contributed by atoms with Crippen LogP contribution in [0.2, 0.25) is 5.15 Å². The molecule has 0 spiro atoms. The third kappa shape index (κ3) is 6.71. The van der Waals surface area contributed by atoms with Gasteiger partial charge in [0.2, 0.25) is 5.91 Å². The topological polar surface area (TPSA) is 50.5 Å². The normalized spacial score (nSPS) is 13.5. The predicted molar refractivity (Wildman–Crippen MR) is 111 cm³/mol. The van der Waals surface area contributed by atoms with Gasteiger partial charge in [-0.25, -0.2) is 4.68 Å². The Kier molecular flexibility index (Phi) is 9.00. The van der Waals surface area contributed by atoms with Gasteiger partial charge in [0.1, 0.15) is 5.69 Å². The second kappa shape index (κ2) is 10.5. The maximum atomic E-state index is 12.6. The van der Waals surface area contributed by atoms with Gasteiger partial charge in [-0.15, -0.1) is 0 Å². The van der Waals surface area contributed by atoms with Crippen LogP contribution in [0, 0.1) is 5.92 Å². The number of amides is 1. The number of anilines is 1. The number of aromatic nitrogens is 2. The third-order valence-corrected chi connectivity index (χ3v) is 5.04. The van der Waals surface area contributed by atoms with Crippen LogP contribution in [0.4, 0.5) is 5.69 Å².